The minimum atomic E-state index is -0.0975. The van der Waals surface area contributed by atoms with Crippen molar-refractivity contribution in [1.82, 2.24) is 0 Å². The number of rotatable bonds is 10. The Hall–Kier alpha value is -1.78. The molecule has 0 unspecified atom stereocenters. The molecule has 0 aliphatic carbocycles. The fraction of sp³-hybridized carbons (Fsp3) is 0.500. The third-order valence-corrected chi connectivity index (χ3v) is 4.17. The molecule has 0 saturated heterocycles. The van der Waals surface area contributed by atoms with Crippen molar-refractivity contribution in [3.63, 3.8) is 0 Å². The van der Waals surface area contributed by atoms with Crippen molar-refractivity contribution in [2.75, 3.05) is 13.2 Å². The number of benzene rings is 2. The van der Waals surface area contributed by atoms with Crippen molar-refractivity contribution < 1.29 is 19.7 Å². The van der Waals surface area contributed by atoms with Gasteiger partial charge in [0, 0.05) is 11.1 Å². The first-order chi connectivity index (χ1) is 11.8. The van der Waals surface area contributed by atoms with Crippen molar-refractivity contribution in [3.8, 4) is 11.5 Å². The molecule has 0 saturated carbocycles. The maximum Gasteiger partial charge on any atom is 0.125 e. The normalized spacial score (nSPS) is 11.0. The molecule has 0 radical (unpaired) electrons. The van der Waals surface area contributed by atoms with Gasteiger partial charge in [0.25, 0.3) is 0 Å². The molecule has 0 fully saturated rings. The zero-order chi connectivity index (χ0) is 17.4. The monoisotopic (exact) mass is 332 g/mol. The summed E-state index contributed by atoms with van der Waals surface area (Å²) in [6.45, 7) is 5.31. The minimum absolute atomic E-state index is 0.0975. The lowest BCUT2D eigenvalue weighted by Gasteiger charge is -2.17. The smallest absolute Gasteiger partial charge is 0.125 e. The molecule has 0 amide bonds. The molecule has 0 heterocycles. The summed E-state index contributed by atoms with van der Waals surface area (Å²) >= 11 is 0. The van der Waals surface area contributed by atoms with E-state index in [0.717, 1.165) is 47.6 Å². The molecule has 4 heteroatoms. The van der Waals surface area contributed by atoms with Gasteiger partial charge in [-0.2, -0.15) is 0 Å². The Morgan fingerprint density at radius 3 is 1.46 bits per heavy atom. The molecule has 4 nitrogen and oxygen atoms in total. The number of unbranched alkanes of at least 4 members (excludes halogenated alkanes) is 2. The third-order valence-electron chi connectivity index (χ3n) is 4.17. The number of aliphatic hydroxyl groups is 2. The summed E-state index contributed by atoms with van der Waals surface area (Å²) in [5.41, 5.74) is 1.52. The van der Waals surface area contributed by atoms with Crippen molar-refractivity contribution in [2.45, 2.75) is 52.7 Å². The maximum absolute atomic E-state index is 9.81. The van der Waals surface area contributed by atoms with Crippen molar-refractivity contribution >= 4 is 10.8 Å². The summed E-state index contributed by atoms with van der Waals surface area (Å²) in [7, 11) is 0. The van der Waals surface area contributed by atoms with E-state index in [1.54, 1.807) is 0 Å². The number of fused-ring (bicyclic) bond motifs is 1. The lowest BCUT2D eigenvalue weighted by Crippen LogP contribution is -2.03. The highest BCUT2D eigenvalue weighted by atomic mass is 16.5. The van der Waals surface area contributed by atoms with Crippen LogP contribution >= 0.6 is 0 Å². The summed E-state index contributed by atoms with van der Waals surface area (Å²) < 4.78 is 11.6. The molecule has 0 spiro atoms. The molecular weight excluding hydrogens is 304 g/mol. The first-order valence-electron chi connectivity index (χ1n) is 8.81. The van der Waals surface area contributed by atoms with Crippen LogP contribution in [0.25, 0.3) is 10.8 Å². The Morgan fingerprint density at radius 2 is 1.12 bits per heavy atom. The zero-order valence-electron chi connectivity index (χ0n) is 14.7. The molecule has 0 atom stereocenters. The van der Waals surface area contributed by atoms with E-state index in [2.05, 4.69) is 13.8 Å². The Morgan fingerprint density at radius 1 is 0.708 bits per heavy atom. The van der Waals surface area contributed by atoms with Gasteiger partial charge in [0.2, 0.25) is 0 Å². The third kappa shape index (κ3) is 4.19. The van der Waals surface area contributed by atoms with E-state index in [1.165, 1.54) is 0 Å². The van der Waals surface area contributed by atoms with Crippen LogP contribution in [0.15, 0.2) is 24.3 Å². The van der Waals surface area contributed by atoms with Crippen molar-refractivity contribution in [2.24, 2.45) is 0 Å². The van der Waals surface area contributed by atoms with Crippen molar-refractivity contribution in [1.29, 1.82) is 0 Å². The van der Waals surface area contributed by atoms with Gasteiger partial charge in [-0.15, -0.1) is 0 Å². The van der Waals surface area contributed by atoms with Crippen molar-refractivity contribution in [3.05, 3.63) is 35.4 Å². The summed E-state index contributed by atoms with van der Waals surface area (Å²) in [6.07, 6.45) is 4.09. The van der Waals surface area contributed by atoms with Gasteiger partial charge in [-0.3, -0.25) is 0 Å². The summed E-state index contributed by atoms with van der Waals surface area (Å²) in [6, 6.07) is 7.62. The van der Waals surface area contributed by atoms with Gasteiger partial charge >= 0.3 is 0 Å². The van der Waals surface area contributed by atoms with Gasteiger partial charge in [0.05, 0.1) is 26.4 Å². The van der Waals surface area contributed by atoms with Crippen LogP contribution in [0.4, 0.5) is 0 Å². The largest absolute Gasteiger partial charge is 0.493 e. The number of hydrogen-bond donors (Lipinski definition) is 2. The molecule has 0 aliphatic rings. The first-order valence-corrected chi connectivity index (χ1v) is 8.81. The van der Waals surface area contributed by atoms with E-state index in [4.69, 9.17) is 9.47 Å². The predicted octanol–water partition coefficient (Wildman–Crippen LogP) is 4.18. The van der Waals surface area contributed by atoms with Crippen LogP contribution in [0.5, 0.6) is 11.5 Å². The summed E-state index contributed by atoms with van der Waals surface area (Å²) in [5.74, 6) is 1.42. The van der Waals surface area contributed by atoms with E-state index in [1.807, 2.05) is 24.3 Å². The minimum Gasteiger partial charge on any atom is -0.493 e. The van der Waals surface area contributed by atoms with Gasteiger partial charge in [-0.25, -0.2) is 0 Å². The Labute approximate surface area is 144 Å². The number of ether oxygens (including phenoxy) is 2. The van der Waals surface area contributed by atoms with E-state index in [0.29, 0.717) is 24.7 Å². The SMILES string of the molecule is CCCCOc1ccc2c(CO)c(OCCCC)ccc2c1CO. The second kappa shape index (κ2) is 9.50. The fourth-order valence-electron chi connectivity index (χ4n) is 2.74. The van der Waals surface area contributed by atoms with E-state index < -0.39 is 0 Å². The molecule has 0 aliphatic heterocycles. The van der Waals surface area contributed by atoms with Gasteiger partial charge in [0.15, 0.2) is 0 Å². The van der Waals surface area contributed by atoms with Gasteiger partial charge < -0.3 is 19.7 Å². The molecule has 2 rings (SSSR count). The first kappa shape index (κ1) is 18.6. The lowest BCUT2D eigenvalue weighted by molar-refractivity contribution is 0.260. The molecular formula is C20H28O4. The highest BCUT2D eigenvalue weighted by Crippen LogP contribution is 2.34. The molecule has 132 valence electrons. The fourth-order valence-corrected chi connectivity index (χ4v) is 2.74. The summed E-state index contributed by atoms with van der Waals surface area (Å²) in [5, 5.41) is 21.4. The van der Waals surface area contributed by atoms with Gasteiger partial charge in [0.1, 0.15) is 11.5 Å². The topological polar surface area (TPSA) is 58.9 Å². The Balaban J connectivity index is 2.39. The van der Waals surface area contributed by atoms with Crippen LogP contribution in [0.3, 0.4) is 0 Å². The van der Waals surface area contributed by atoms with Crippen LogP contribution < -0.4 is 9.47 Å². The number of aliphatic hydroxyl groups excluding tert-OH is 2. The molecule has 24 heavy (non-hydrogen) atoms. The van der Waals surface area contributed by atoms with E-state index >= 15 is 0 Å². The molecule has 2 aromatic rings. The number of hydrogen-bond acceptors (Lipinski definition) is 4. The second-order valence-corrected chi connectivity index (χ2v) is 5.90. The van der Waals surface area contributed by atoms with Crippen LogP contribution in [-0.4, -0.2) is 23.4 Å². The average molecular weight is 332 g/mol. The van der Waals surface area contributed by atoms with Crippen LogP contribution in [0.1, 0.15) is 50.7 Å². The Kier molecular flexibility index (Phi) is 7.35. The molecule has 0 bridgehead atoms. The highest BCUT2D eigenvalue weighted by molar-refractivity contribution is 5.92. The Bertz CT molecular complexity index is 594. The molecule has 2 aromatic carbocycles. The van der Waals surface area contributed by atoms with Crippen LogP contribution in [-0.2, 0) is 13.2 Å². The predicted molar refractivity (Wildman–Crippen MR) is 96.6 cm³/mol. The summed E-state index contributed by atoms with van der Waals surface area (Å²) in [4.78, 5) is 0. The lowest BCUT2D eigenvalue weighted by atomic mass is 9.99. The zero-order valence-corrected chi connectivity index (χ0v) is 14.7. The van der Waals surface area contributed by atoms with E-state index in [-0.39, 0.29) is 13.2 Å². The van der Waals surface area contributed by atoms with Crippen LogP contribution in [0, 0.1) is 0 Å². The van der Waals surface area contributed by atoms with Gasteiger partial charge in [-0.05, 0) is 35.7 Å². The van der Waals surface area contributed by atoms with E-state index in [9.17, 15) is 10.2 Å². The van der Waals surface area contributed by atoms with Crippen LogP contribution in [0.2, 0.25) is 0 Å². The molecule has 2 N–H and O–H groups in total. The quantitative estimate of drug-likeness (QED) is 0.641. The maximum atomic E-state index is 9.81. The standard InChI is InChI=1S/C20H28O4/c1-3-5-11-23-19-9-7-16-15(17(19)13-21)8-10-20(18(16)14-22)24-12-6-4-2/h7-10,21-22H,3-6,11-14H2,1-2H3. The van der Waals surface area contributed by atoms with Gasteiger partial charge in [-0.1, -0.05) is 38.8 Å². The molecule has 0 aromatic heterocycles. The highest BCUT2D eigenvalue weighted by Gasteiger charge is 2.14. The second-order valence-electron chi connectivity index (χ2n) is 5.90. The average Bonchev–Trinajstić information content (AvgIpc) is 2.61.